The molecule has 0 atom stereocenters. The number of hydrogen-bond donors (Lipinski definition) is 2. The SMILES string of the molecule is COc1ccc(/C=C/C(=O)c2ccc(NC(=O)/C(=C/c3ccc(OCc4ccccc4)cc3)NC(=O)c3ccccc3)cc2)cc1OC. The van der Waals surface area contributed by atoms with Crippen molar-refractivity contribution >= 4 is 35.4 Å². The summed E-state index contributed by atoms with van der Waals surface area (Å²) < 4.78 is 16.5. The van der Waals surface area contributed by atoms with Crippen molar-refractivity contribution in [1.82, 2.24) is 5.32 Å². The minimum atomic E-state index is -0.531. The minimum Gasteiger partial charge on any atom is -0.493 e. The van der Waals surface area contributed by atoms with Gasteiger partial charge in [-0.2, -0.15) is 0 Å². The fourth-order valence-corrected chi connectivity index (χ4v) is 4.65. The van der Waals surface area contributed by atoms with Crippen LogP contribution in [0.4, 0.5) is 5.69 Å². The standard InChI is InChI=1S/C40H34N2O6/c1-46-37-24-16-29(26-38(37)47-2)15-23-36(43)31-17-19-33(20-18-31)41-40(45)35(42-39(44)32-11-7-4-8-12-32)25-28-13-21-34(22-14-28)48-27-30-9-5-3-6-10-30/h3-26H,27H2,1-2H3,(H,41,45)(H,42,44)/b23-15+,35-25-. The second-order valence-electron chi connectivity index (χ2n) is 10.6. The predicted octanol–water partition coefficient (Wildman–Crippen LogP) is 7.59. The van der Waals surface area contributed by atoms with Crippen molar-refractivity contribution in [3.8, 4) is 17.2 Å². The molecule has 0 bridgehead atoms. The van der Waals surface area contributed by atoms with Crippen LogP contribution >= 0.6 is 0 Å². The first-order valence-electron chi connectivity index (χ1n) is 15.1. The molecule has 2 N–H and O–H groups in total. The Kier molecular flexibility index (Phi) is 11.2. The Balaban J connectivity index is 1.28. The van der Waals surface area contributed by atoms with Crippen molar-refractivity contribution in [1.29, 1.82) is 0 Å². The molecule has 48 heavy (non-hydrogen) atoms. The highest BCUT2D eigenvalue weighted by Gasteiger charge is 2.16. The maximum absolute atomic E-state index is 13.5. The van der Waals surface area contributed by atoms with Crippen LogP contribution < -0.4 is 24.8 Å². The van der Waals surface area contributed by atoms with Crippen LogP contribution in [0.2, 0.25) is 0 Å². The van der Waals surface area contributed by atoms with Gasteiger partial charge < -0.3 is 24.8 Å². The zero-order chi connectivity index (χ0) is 33.7. The maximum atomic E-state index is 13.5. The van der Waals surface area contributed by atoms with Gasteiger partial charge in [0.1, 0.15) is 18.1 Å². The molecule has 0 saturated carbocycles. The molecule has 0 aliphatic heterocycles. The van der Waals surface area contributed by atoms with Crippen molar-refractivity contribution in [2.75, 3.05) is 19.5 Å². The lowest BCUT2D eigenvalue weighted by Gasteiger charge is -2.12. The van der Waals surface area contributed by atoms with E-state index in [0.717, 1.165) is 11.1 Å². The summed E-state index contributed by atoms with van der Waals surface area (Å²) in [6.45, 7) is 0.426. The number of nitrogens with one attached hydrogen (secondary N) is 2. The first-order valence-corrected chi connectivity index (χ1v) is 15.1. The lowest BCUT2D eigenvalue weighted by atomic mass is 10.1. The van der Waals surface area contributed by atoms with Gasteiger partial charge in [-0.15, -0.1) is 0 Å². The average Bonchev–Trinajstić information content (AvgIpc) is 3.14. The molecular weight excluding hydrogens is 604 g/mol. The topological polar surface area (TPSA) is 103 Å². The monoisotopic (exact) mass is 638 g/mol. The van der Waals surface area contributed by atoms with Crippen LogP contribution in [0.3, 0.4) is 0 Å². The van der Waals surface area contributed by atoms with Gasteiger partial charge in [-0.1, -0.05) is 72.8 Å². The van der Waals surface area contributed by atoms with Crippen LogP contribution in [0.1, 0.15) is 37.4 Å². The molecule has 0 heterocycles. The third kappa shape index (κ3) is 9.08. The van der Waals surface area contributed by atoms with Crippen LogP contribution in [0.5, 0.6) is 17.2 Å². The van der Waals surface area contributed by atoms with E-state index in [1.165, 1.54) is 6.08 Å². The Morgan fingerprint density at radius 1 is 0.667 bits per heavy atom. The first-order chi connectivity index (χ1) is 23.4. The quantitative estimate of drug-likeness (QED) is 0.102. The van der Waals surface area contributed by atoms with E-state index >= 15 is 0 Å². The molecule has 8 nitrogen and oxygen atoms in total. The first kappa shape index (κ1) is 33.0. The Morgan fingerprint density at radius 2 is 1.31 bits per heavy atom. The number of rotatable bonds is 13. The minimum absolute atomic E-state index is 0.0415. The summed E-state index contributed by atoms with van der Waals surface area (Å²) in [5.41, 5.74) is 3.84. The highest BCUT2D eigenvalue weighted by atomic mass is 16.5. The molecule has 0 aliphatic carbocycles. The van der Waals surface area contributed by atoms with Crippen LogP contribution in [-0.4, -0.2) is 31.8 Å². The fourth-order valence-electron chi connectivity index (χ4n) is 4.65. The van der Waals surface area contributed by atoms with E-state index in [2.05, 4.69) is 10.6 Å². The van der Waals surface area contributed by atoms with E-state index in [0.29, 0.717) is 46.2 Å². The van der Waals surface area contributed by atoms with Gasteiger partial charge in [0.05, 0.1) is 14.2 Å². The maximum Gasteiger partial charge on any atom is 0.272 e. The average molecular weight is 639 g/mol. The van der Waals surface area contributed by atoms with Gasteiger partial charge in [0.25, 0.3) is 11.8 Å². The van der Waals surface area contributed by atoms with Crippen LogP contribution in [0.25, 0.3) is 12.2 Å². The number of anilines is 1. The second kappa shape index (κ2) is 16.2. The van der Waals surface area contributed by atoms with E-state index in [9.17, 15) is 14.4 Å². The largest absolute Gasteiger partial charge is 0.493 e. The third-order valence-electron chi connectivity index (χ3n) is 7.23. The molecule has 0 saturated heterocycles. The van der Waals surface area contributed by atoms with Gasteiger partial charge in [0, 0.05) is 16.8 Å². The van der Waals surface area contributed by atoms with Crippen LogP contribution in [0, 0.1) is 0 Å². The molecule has 2 amide bonds. The molecule has 8 heteroatoms. The van der Waals surface area contributed by atoms with E-state index in [-0.39, 0.29) is 11.5 Å². The molecular formula is C40H34N2O6. The Hall–Kier alpha value is -6.41. The van der Waals surface area contributed by atoms with Gasteiger partial charge >= 0.3 is 0 Å². The summed E-state index contributed by atoms with van der Waals surface area (Å²) in [5.74, 6) is 0.653. The van der Waals surface area contributed by atoms with Crippen LogP contribution in [0.15, 0.2) is 139 Å². The molecule has 5 aromatic carbocycles. The lowest BCUT2D eigenvalue weighted by Crippen LogP contribution is -2.30. The summed E-state index contributed by atoms with van der Waals surface area (Å²) in [5, 5.41) is 5.55. The smallest absolute Gasteiger partial charge is 0.272 e. The van der Waals surface area contributed by atoms with Gasteiger partial charge in [0.2, 0.25) is 0 Å². The van der Waals surface area contributed by atoms with Crippen LogP contribution in [-0.2, 0) is 11.4 Å². The fraction of sp³-hybridized carbons (Fsp3) is 0.0750. The number of allylic oxidation sites excluding steroid dienone is 1. The Bertz CT molecular complexity index is 1920. The molecule has 5 rings (SSSR count). The molecule has 0 aromatic heterocycles. The summed E-state index contributed by atoms with van der Waals surface area (Å²) in [6, 6.07) is 37.6. The number of methoxy groups -OCH3 is 2. The van der Waals surface area contributed by atoms with Crippen molar-refractivity contribution < 1.29 is 28.6 Å². The number of amides is 2. The number of hydrogen-bond acceptors (Lipinski definition) is 6. The highest BCUT2D eigenvalue weighted by molar-refractivity contribution is 6.11. The highest BCUT2D eigenvalue weighted by Crippen LogP contribution is 2.28. The third-order valence-corrected chi connectivity index (χ3v) is 7.23. The zero-order valence-electron chi connectivity index (χ0n) is 26.5. The van der Waals surface area contributed by atoms with Crippen molar-refractivity contribution in [3.63, 3.8) is 0 Å². The van der Waals surface area contributed by atoms with Gasteiger partial charge in [-0.3, -0.25) is 14.4 Å². The number of carbonyl (C=O) groups is 3. The van der Waals surface area contributed by atoms with Gasteiger partial charge in [-0.05, 0) is 89.5 Å². The molecule has 240 valence electrons. The molecule has 0 fully saturated rings. The normalized spacial score (nSPS) is 11.1. The summed E-state index contributed by atoms with van der Waals surface area (Å²) in [7, 11) is 3.11. The van der Waals surface area contributed by atoms with E-state index in [1.54, 1.807) is 111 Å². The molecule has 0 aliphatic rings. The van der Waals surface area contributed by atoms with E-state index in [4.69, 9.17) is 14.2 Å². The Labute approximate surface area is 279 Å². The zero-order valence-corrected chi connectivity index (χ0v) is 26.5. The van der Waals surface area contributed by atoms with E-state index < -0.39 is 11.8 Å². The van der Waals surface area contributed by atoms with Gasteiger partial charge in [0.15, 0.2) is 17.3 Å². The summed E-state index contributed by atoms with van der Waals surface area (Å²) in [4.78, 5) is 39.3. The molecule has 5 aromatic rings. The summed E-state index contributed by atoms with van der Waals surface area (Å²) in [6.07, 6.45) is 4.75. The summed E-state index contributed by atoms with van der Waals surface area (Å²) >= 11 is 0. The Morgan fingerprint density at radius 3 is 1.98 bits per heavy atom. The van der Waals surface area contributed by atoms with Gasteiger partial charge in [-0.25, -0.2) is 0 Å². The number of carbonyl (C=O) groups excluding carboxylic acids is 3. The molecule has 0 spiro atoms. The predicted molar refractivity (Wildman–Crippen MR) is 187 cm³/mol. The molecule has 0 unspecified atom stereocenters. The number of benzene rings is 5. The number of ketones is 1. The van der Waals surface area contributed by atoms with Crippen molar-refractivity contribution in [3.05, 3.63) is 167 Å². The van der Waals surface area contributed by atoms with E-state index in [1.807, 2.05) is 42.5 Å². The number of ether oxygens (including phenoxy) is 3. The molecule has 0 radical (unpaired) electrons. The lowest BCUT2D eigenvalue weighted by molar-refractivity contribution is -0.113. The van der Waals surface area contributed by atoms with Crippen molar-refractivity contribution in [2.45, 2.75) is 6.61 Å². The second-order valence-corrected chi connectivity index (χ2v) is 10.6. The van der Waals surface area contributed by atoms with Crippen molar-refractivity contribution in [2.24, 2.45) is 0 Å².